The van der Waals surface area contributed by atoms with Crippen LogP contribution in [0.4, 0.5) is 9.93 Å². The number of nitrogens with one attached hydrogen (secondary N) is 2. The van der Waals surface area contributed by atoms with Crippen LogP contribution in [0.1, 0.15) is 32.5 Å². The Morgan fingerprint density at radius 2 is 2.17 bits per heavy atom. The van der Waals surface area contributed by atoms with Crippen LogP contribution in [0.5, 0.6) is 0 Å². The summed E-state index contributed by atoms with van der Waals surface area (Å²) in [7, 11) is 0. The smallest absolute Gasteiger partial charge is 0.329 e. The molecule has 0 fully saturated rings. The summed E-state index contributed by atoms with van der Waals surface area (Å²) in [4.78, 5) is 26.8. The van der Waals surface area contributed by atoms with Gasteiger partial charge in [0.2, 0.25) is 5.13 Å². The van der Waals surface area contributed by atoms with Crippen molar-refractivity contribution in [3.8, 4) is 0 Å². The van der Waals surface area contributed by atoms with E-state index in [1.165, 1.54) is 6.92 Å². The summed E-state index contributed by atoms with van der Waals surface area (Å²) in [6, 6.07) is -0.593. The summed E-state index contributed by atoms with van der Waals surface area (Å²) >= 11 is 1.05. The summed E-state index contributed by atoms with van der Waals surface area (Å²) < 4.78 is 3.91. The first kappa shape index (κ1) is 14.4. The van der Waals surface area contributed by atoms with E-state index in [1.807, 2.05) is 6.92 Å². The standard InChI is InChI=1S/C10H16N4O3S/c1-4-5-10(3,7(15)16)13-8(17)12-9-11-6(2)14-18-9/h4-5H2,1-3H3,(H,15,16)(H2,11,12,13,14,17). The zero-order valence-electron chi connectivity index (χ0n) is 10.5. The van der Waals surface area contributed by atoms with Gasteiger partial charge in [0, 0.05) is 11.5 Å². The molecule has 100 valence electrons. The van der Waals surface area contributed by atoms with Gasteiger partial charge in [-0.1, -0.05) is 13.3 Å². The maximum atomic E-state index is 11.7. The molecule has 0 bridgehead atoms. The van der Waals surface area contributed by atoms with Crippen molar-refractivity contribution < 1.29 is 14.7 Å². The normalized spacial score (nSPS) is 13.7. The number of urea groups is 1. The number of aryl methyl sites for hydroxylation is 1. The molecule has 0 radical (unpaired) electrons. The van der Waals surface area contributed by atoms with E-state index in [1.54, 1.807) is 6.92 Å². The van der Waals surface area contributed by atoms with Gasteiger partial charge in [-0.05, 0) is 20.3 Å². The van der Waals surface area contributed by atoms with E-state index in [0.29, 0.717) is 23.8 Å². The lowest BCUT2D eigenvalue weighted by atomic mass is 9.97. The highest BCUT2D eigenvalue weighted by Gasteiger charge is 2.33. The van der Waals surface area contributed by atoms with E-state index in [2.05, 4.69) is 20.0 Å². The Balaban J connectivity index is 2.65. The van der Waals surface area contributed by atoms with Crippen LogP contribution in [0.2, 0.25) is 0 Å². The first-order valence-electron chi connectivity index (χ1n) is 5.50. The van der Waals surface area contributed by atoms with E-state index < -0.39 is 17.5 Å². The number of hydrogen-bond acceptors (Lipinski definition) is 5. The maximum absolute atomic E-state index is 11.7. The molecule has 1 rings (SSSR count). The maximum Gasteiger partial charge on any atom is 0.329 e. The van der Waals surface area contributed by atoms with Gasteiger partial charge in [0.1, 0.15) is 11.4 Å². The van der Waals surface area contributed by atoms with Gasteiger partial charge in [-0.25, -0.2) is 14.6 Å². The van der Waals surface area contributed by atoms with Gasteiger partial charge in [0.05, 0.1) is 0 Å². The molecule has 0 aromatic carbocycles. The lowest BCUT2D eigenvalue weighted by Crippen LogP contribution is -2.53. The molecular weight excluding hydrogens is 256 g/mol. The van der Waals surface area contributed by atoms with Gasteiger partial charge in [-0.3, -0.25) is 5.32 Å². The zero-order valence-corrected chi connectivity index (χ0v) is 11.3. The molecule has 18 heavy (non-hydrogen) atoms. The molecule has 0 spiro atoms. The minimum atomic E-state index is -1.28. The number of carbonyl (C=O) groups is 2. The quantitative estimate of drug-likeness (QED) is 0.755. The molecule has 2 amide bonds. The van der Waals surface area contributed by atoms with Gasteiger partial charge in [-0.2, -0.15) is 4.37 Å². The average molecular weight is 272 g/mol. The number of carboxylic acid groups (broad SMARTS) is 1. The second kappa shape index (κ2) is 5.76. The predicted molar refractivity (Wildman–Crippen MR) is 67.7 cm³/mol. The average Bonchev–Trinajstić information content (AvgIpc) is 2.63. The molecule has 3 N–H and O–H groups in total. The van der Waals surface area contributed by atoms with Gasteiger partial charge in [0.15, 0.2) is 0 Å². The zero-order chi connectivity index (χ0) is 13.8. The number of amides is 2. The SMILES string of the molecule is CCCC(C)(NC(=O)Nc1nc(C)ns1)C(=O)O. The summed E-state index contributed by atoms with van der Waals surface area (Å²) in [5, 5.41) is 14.4. The van der Waals surface area contributed by atoms with Crippen molar-refractivity contribution in [3.05, 3.63) is 5.82 Å². The monoisotopic (exact) mass is 272 g/mol. The molecule has 1 atom stereocenters. The van der Waals surface area contributed by atoms with E-state index >= 15 is 0 Å². The number of aliphatic carboxylic acids is 1. The molecule has 8 heteroatoms. The van der Waals surface area contributed by atoms with Crippen molar-refractivity contribution >= 4 is 28.7 Å². The summed E-state index contributed by atoms with van der Waals surface area (Å²) in [6.45, 7) is 5.04. The van der Waals surface area contributed by atoms with Gasteiger partial charge < -0.3 is 10.4 Å². The molecule has 1 unspecified atom stereocenters. The number of aromatic nitrogens is 2. The number of hydrogen-bond donors (Lipinski definition) is 3. The van der Waals surface area contributed by atoms with Gasteiger partial charge >= 0.3 is 12.0 Å². The van der Waals surface area contributed by atoms with Gasteiger partial charge in [0.25, 0.3) is 0 Å². The van der Waals surface area contributed by atoms with Crippen molar-refractivity contribution in [3.63, 3.8) is 0 Å². The van der Waals surface area contributed by atoms with Crippen LogP contribution in [-0.4, -0.2) is 32.0 Å². The lowest BCUT2D eigenvalue weighted by molar-refractivity contribution is -0.143. The minimum absolute atomic E-state index is 0.342. The number of nitrogens with zero attached hydrogens (tertiary/aromatic N) is 2. The fourth-order valence-electron chi connectivity index (χ4n) is 1.45. The fourth-order valence-corrected chi connectivity index (χ4v) is 2.02. The van der Waals surface area contributed by atoms with E-state index in [4.69, 9.17) is 5.11 Å². The Kier molecular flexibility index (Phi) is 4.60. The van der Waals surface area contributed by atoms with Crippen molar-refractivity contribution in [1.82, 2.24) is 14.7 Å². The minimum Gasteiger partial charge on any atom is -0.480 e. The molecule has 0 aliphatic rings. The van der Waals surface area contributed by atoms with Crippen LogP contribution < -0.4 is 10.6 Å². The van der Waals surface area contributed by atoms with Crippen molar-refractivity contribution in [2.45, 2.75) is 39.2 Å². The van der Waals surface area contributed by atoms with E-state index in [0.717, 1.165) is 11.5 Å². The van der Waals surface area contributed by atoms with E-state index in [-0.39, 0.29) is 0 Å². The number of carboxylic acids is 1. The molecule has 7 nitrogen and oxygen atoms in total. The fraction of sp³-hybridized carbons (Fsp3) is 0.600. The molecule has 1 heterocycles. The Labute approximate surface area is 109 Å². The molecule has 1 aromatic rings. The Morgan fingerprint density at radius 3 is 2.61 bits per heavy atom. The Bertz CT molecular complexity index is 448. The van der Waals surface area contributed by atoms with Crippen molar-refractivity contribution in [2.24, 2.45) is 0 Å². The topological polar surface area (TPSA) is 104 Å². The third kappa shape index (κ3) is 3.66. The van der Waals surface area contributed by atoms with Crippen LogP contribution in [0, 0.1) is 6.92 Å². The largest absolute Gasteiger partial charge is 0.480 e. The Morgan fingerprint density at radius 1 is 1.50 bits per heavy atom. The van der Waals surface area contributed by atoms with Crippen molar-refractivity contribution in [1.29, 1.82) is 0 Å². The number of rotatable bonds is 5. The summed E-state index contributed by atoms with van der Waals surface area (Å²) in [5.41, 5.74) is -1.28. The highest BCUT2D eigenvalue weighted by atomic mass is 32.1. The molecule has 0 aliphatic carbocycles. The molecular formula is C10H16N4O3S. The number of anilines is 1. The third-order valence-corrected chi connectivity index (χ3v) is 3.08. The van der Waals surface area contributed by atoms with Crippen LogP contribution in [0.25, 0.3) is 0 Å². The summed E-state index contributed by atoms with van der Waals surface area (Å²) in [5.74, 6) is -0.502. The molecule has 0 saturated heterocycles. The molecule has 0 aliphatic heterocycles. The van der Waals surface area contributed by atoms with Gasteiger partial charge in [-0.15, -0.1) is 0 Å². The Hall–Kier alpha value is -1.70. The van der Waals surface area contributed by atoms with Crippen LogP contribution in [-0.2, 0) is 4.79 Å². The third-order valence-electron chi connectivity index (χ3n) is 2.36. The second-order valence-electron chi connectivity index (χ2n) is 4.11. The first-order valence-corrected chi connectivity index (χ1v) is 6.27. The molecule has 0 saturated carbocycles. The van der Waals surface area contributed by atoms with E-state index in [9.17, 15) is 9.59 Å². The highest BCUT2D eigenvalue weighted by molar-refractivity contribution is 7.09. The first-order chi connectivity index (χ1) is 8.37. The predicted octanol–water partition coefficient (Wildman–Crippen LogP) is 1.61. The van der Waals surface area contributed by atoms with Crippen LogP contribution in [0.15, 0.2) is 0 Å². The van der Waals surface area contributed by atoms with Crippen LogP contribution >= 0.6 is 11.5 Å². The second-order valence-corrected chi connectivity index (χ2v) is 4.86. The van der Waals surface area contributed by atoms with Crippen molar-refractivity contribution in [2.75, 3.05) is 5.32 Å². The lowest BCUT2D eigenvalue weighted by Gasteiger charge is -2.25. The van der Waals surface area contributed by atoms with Crippen LogP contribution in [0.3, 0.4) is 0 Å². The number of carbonyl (C=O) groups excluding carboxylic acids is 1. The highest BCUT2D eigenvalue weighted by Crippen LogP contribution is 2.14. The molecule has 1 aromatic heterocycles. The summed E-state index contributed by atoms with van der Waals surface area (Å²) in [6.07, 6.45) is 1.01.